The number of rotatable bonds is 7. The highest BCUT2D eigenvalue weighted by molar-refractivity contribution is 5.96. The van der Waals surface area contributed by atoms with Gasteiger partial charge in [-0.15, -0.1) is 0 Å². The lowest BCUT2D eigenvalue weighted by molar-refractivity contribution is -0.137. The van der Waals surface area contributed by atoms with Crippen LogP contribution in [-0.2, 0) is 10.9 Å². The molecule has 0 aliphatic carbocycles. The number of ether oxygens (including phenoxy) is 1. The van der Waals surface area contributed by atoms with E-state index in [4.69, 9.17) is 4.74 Å². The molecule has 1 N–H and O–H groups in total. The number of fused-ring (bicyclic) bond motifs is 2. The molecular formula is C24H27F3N2O2. The molecule has 1 amide bonds. The van der Waals surface area contributed by atoms with E-state index in [-0.39, 0.29) is 11.1 Å². The molecule has 4 rings (SSSR count). The second-order valence-electron chi connectivity index (χ2n) is 8.38. The van der Waals surface area contributed by atoms with Crippen molar-refractivity contribution in [3.63, 3.8) is 0 Å². The van der Waals surface area contributed by atoms with E-state index in [0.717, 1.165) is 43.9 Å². The van der Waals surface area contributed by atoms with Crippen LogP contribution in [0.2, 0.25) is 0 Å². The quantitative estimate of drug-likeness (QED) is 0.682. The van der Waals surface area contributed by atoms with Crippen molar-refractivity contribution in [3.8, 4) is 0 Å². The third kappa shape index (κ3) is 4.08. The zero-order valence-electron chi connectivity index (χ0n) is 17.5. The number of hydrogen-bond donors (Lipinski definition) is 1. The summed E-state index contributed by atoms with van der Waals surface area (Å²) in [6.45, 7) is 1.31. The van der Waals surface area contributed by atoms with E-state index in [1.807, 2.05) is 30.3 Å². The first-order chi connectivity index (χ1) is 14.9. The Balaban J connectivity index is 1.71. The molecule has 2 bridgehead atoms. The number of amides is 1. The minimum Gasteiger partial charge on any atom is -0.383 e. The van der Waals surface area contributed by atoms with Gasteiger partial charge in [-0.25, -0.2) is 0 Å². The van der Waals surface area contributed by atoms with Gasteiger partial charge in [-0.3, -0.25) is 9.69 Å². The second kappa shape index (κ2) is 8.63. The lowest BCUT2D eigenvalue weighted by Gasteiger charge is -2.42. The standard InChI is InChI=1S/C24H27F3N2O2/c1-31-16-15-29-18-11-13-23(29,14-12-18)21(17-7-3-2-4-8-17)28-22(30)19-9-5-6-10-20(19)24(25,26)27/h2-10,18,21H,11-16H2,1H3,(H,28,30)/t18?,21-,23?/m0/s1. The first-order valence-electron chi connectivity index (χ1n) is 10.6. The topological polar surface area (TPSA) is 41.6 Å². The molecule has 2 aliphatic rings. The Morgan fingerprint density at radius 3 is 2.42 bits per heavy atom. The maximum absolute atomic E-state index is 13.5. The monoisotopic (exact) mass is 432 g/mol. The summed E-state index contributed by atoms with van der Waals surface area (Å²) in [5, 5.41) is 3.01. The number of nitrogens with one attached hydrogen (secondary N) is 1. The molecule has 4 nitrogen and oxygen atoms in total. The maximum Gasteiger partial charge on any atom is 0.417 e. The molecule has 2 heterocycles. The van der Waals surface area contributed by atoms with E-state index in [0.29, 0.717) is 12.6 Å². The number of alkyl halides is 3. The van der Waals surface area contributed by atoms with Crippen LogP contribution in [0.5, 0.6) is 0 Å². The van der Waals surface area contributed by atoms with Crippen molar-refractivity contribution in [2.24, 2.45) is 0 Å². The predicted molar refractivity (Wildman–Crippen MR) is 112 cm³/mol. The average molecular weight is 432 g/mol. The Morgan fingerprint density at radius 2 is 1.77 bits per heavy atom. The third-order valence-corrected chi connectivity index (χ3v) is 6.79. The van der Waals surface area contributed by atoms with Gasteiger partial charge in [0.25, 0.3) is 5.91 Å². The number of hydrogen-bond acceptors (Lipinski definition) is 3. The van der Waals surface area contributed by atoms with E-state index < -0.39 is 23.7 Å². The van der Waals surface area contributed by atoms with Crippen molar-refractivity contribution >= 4 is 5.91 Å². The van der Waals surface area contributed by atoms with Crippen LogP contribution in [0.4, 0.5) is 13.2 Å². The molecule has 0 radical (unpaired) electrons. The van der Waals surface area contributed by atoms with Gasteiger partial charge in [0, 0.05) is 25.2 Å². The average Bonchev–Trinajstić information content (AvgIpc) is 3.31. The van der Waals surface area contributed by atoms with Crippen LogP contribution >= 0.6 is 0 Å². The summed E-state index contributed by atoms with van der Waals surface area (Å²) in [5.41, 5.74) is -0.676. The number of carbonyl (C=O) groups excluding carboxylic acids is 1. The van der Waals surface area contributed by atoms with Gasteiger partial charge < -0.3 is 10.1 Å². The Hall–Kier alpha value is -2.38. The highest BCUT2D eigenvalue weighted by Gasteiger charge is 2.56. The molecule has 0 aromatic heterocycles. The van der Waals surface area contributed by atoms with Crippen LogP contribution < -0.4 is 5.32 Å². The molecule has 0 unspecified atom stereocenters. The molecule has 7 heteroatoms. The molecule has 2 fully saturated rings. The van der Waals surface area contributed by atoms with E-state index in [2.05, 4.69) is 10.2 Å². The van der Waals surface area contributed by atoms with Gasteiger partial charge >= 0.3 is 6.18 Å². The molecule has 1 atom stereocenters. The Kier molecular flexibility index (Phi) is 6.08. The molecule has 2 aromatic rings. The summed E-state index contributed by atoms with van der Waals surface area (Å²) in [4.78, 5) is 15.6. The Bertz CT molecular complexity index is 909. The summed E-state index contributed by atoms with van der Waals surface area (Å²) >= 11 is 0. The molecular weight excluding hydrogens is 405 g/mol. The van der Waals surface area contributed by atoms with Crippen molar-refractivity contribution in [2.75, 3.05) is 20.3 Å². The lowest BCUT2D eigenvalue weighted by atomic mass is 9.78. The Labute approximate surface area is 180 Å². The summed E-state index contributed by atoms with van der Waals surface area (Å²) in [5.74, 6) is -0.696. The smallest absolute Gasteiger partial charge is 0.383 e. The van der Waals surface area contributed by atoms with Gasteiger partial charge in [0.2, 0.25) is 0 Å². The fraction of sp³-hybridized carbons (Fsp3) is 0.458. The minimum atomic E-state index is -4.59. The van der Waals surface area contributed by atoms with Crippen molar-refractivity contribution in [1.29, 1.82) is 0 Å². The van der Waals surface area contributed by atoms with Crippen molar-refractivity contribution in [1.82, 2.24) is 10.2 Å². The lowest BCUT2D eigenvalue weighted by Crippen LogP contribution is -2.53. The number of methoxy groups -OCH3 is 1. The molecule has 2 aromatic carbocycles. The summed E-state index contributed by atoms with van der Waals surface area (Å²) < 4.78 is 45.9. The van der Waals surface area contributed by atoms with Crippen molar-refractivity contribution in [2.45, 2.75) is 49.5 Å². The Morgan fingerprint density at radius 1 is 1.13 bits per heavy atom. The number of nitrogens with zero attached hydrogens (tertiary/aromatic N) is 1. The first kappa shape index (κ1) is 21.8. The van der Waals surface area contributed by atoms with Crippen molar-refractivity contribution < 1.29 is 22.7 Å². The predicted octanol–water partition coefficient (Wildman–Crippen LogP) is 4.82. The third-order valence-electron chi connectivity index (χ3n) is 6.79. The maximum atomic E-state index is 13.5. The van der Waals surface area contributed by atoms with Gasteiger partial charge in [-0.1, -0.05) is 42.5 Å². The zero-order chi connectivity index (χ0) is 22.1. The normalized spacial score (nSPS) is 24.3. The summed E-state index contributed by atoms with van der Waals surface area (Å²) in [7, 11) is 1.66. The van der Waals surface area contributed by atoms with Gasteiger partial charge in [-0.2, -0.15) is 13.2 Å². The summed E-state index contributed by atoms with van der Waals surface area (Å²) in [6.07, 6.45) is -0.779. The fourth-order valence-electron chi connectivity index (χ4n) is 5.42. The largest absolute Gasteiger partial charge is 0.417 e. The van der Waals surface area contributed by atoms with E-state index in [1.54, 1.807) is 7.11 Å². The van der Waals surface area contributed by atoms with Crippen LogP contribution in [0.15, 0.2) is 54.6 Å². The highest BCUT2D eigenvalue weighted by atomic mass is 19.4. The molecule has 2 saturated heterocycles. The van der Waals surface area contributed by atoms with Crippen LogP contribution in [0.25, 0.3) is 0 Å². The highest BCUT2D eigenvalue weighted by Crippen LogP contribution is 2.52. The van der Waals surface area contributed by atoms with E-state index >= 15 is 0 Å². The zero-order valence-corrected chi connectivity index (χ0v) is 17.5. The molecule has 2 aliphatic heterocycles. The van der Waals surface area contributed by atoms with Gasteiger partial charge in [0.05, 0.1) is 23.8 Å². The molecule has 0 spiro atoms. The van der Waals surface area contributed by atoms with Gasteiger partial charge in [0.15, 0.2) is 0 Å². The van der Waals surface area contributed by atoms with Crippen LogP contribution in [0.3, 0.4) is 0 Å². The van der Waals surface area contributed by atoms with Crippen molar-refractivity contribution in [3.05, 3.63) is 71.3 Å². The van der Waals surface area contributed by atoms with E-state index in [1.165, 1.54) is 18.2 Å². The van der Waals surface area contributed by atoms with Crippen LogP contribution in [0.1, 0.15) is 53.2 Å². The molecule has 0 saturated carbocycles. The number of carbonyl (C=O) groups is 1. The SMILES string of the molecule is COCCN1C2CCC1([C@@H](NC(=O)c1ccccc1C(F)(F)F)c1ccccc1)CC2. The fourth-order valence-corrected chi connectivity index (χ4v) is 5.42. The van der Waals surface area contributed by atoms with Crippen LogP contribution in [0, 0.1) is 0 Å². The van der Waals surface area contributed by atoms with Crippen LogP contribution in [-0.4, -0.2) is 42.6 Å². The second-order valence-corrected chi connectivity index (χ2v) is 8.38. The minimum absolute atomic E-state index is 0.326. The first-order valence-corrected chi connectivity index (χ1v) is 10.6. The number of benzene rings is 2. The number of halogens is 3. The van der Waals surface area contributed by atoms with Gasteiger partial charge in [0.1, 0.15) is 0 Å². The molecule has 166 valence electrons. The van der Waals surface area contributed by atoms with Gasteiger partial charge in [-0.05, 0) is 43.4 Å². The summed E-state index contributed by atoms with van der Waals surface area (Å²) in [6, 6.07) is 14.5. The molecule has 31 heavy (non-hydrogen) atoms. The van der Waals surface area contributed by atoms with E-state index in [9.17, 15) is 18.0 Å².